The minimum Gasteiger partial charge on any atom is -0.382 e. The van der Waals surface area contributed by atoms with Crippen LogP contribution in [0.4, 0.5) is 0 Å². The molecule has 2 aromatic carbocycles. The molecule has 0 heterocycles. The Morgan fingerprint density at radius 2 is 1.74 bits per heavy atom. The summed E-state index contributed by atoms with van der Waals surface area (Å²) in [5, 5.41) is 11.4. The molecule has 2 heteroatoms. The summed E-state index contributed by atoms with van der Waals surface area (Å²) in [6.07, 6.45) is 3.71. The molecule has 122 valence electrons. The lowest BCUT2D eigenvalue weighted by Crippen LogP contribution is -2.43. The van der Waals surface area contributed by atoms with Gasteiger partial charge in [-0.15, -0.1) is 0 Å². The van der Waals surface area contributed by atoms with Crippen molar-refractivity contribution < 1.29 is 9.84 Å². The van der Waals surface area contributed by atoms with Crippen molar-refractivity contribution in [3.63, 3.8) is 0 Å². The zero-order chi connectivity index (χ0) is 16.3. The second-order valence-corrected chi connectivity index (χ2v) is 6.83. The van der Waals surface area contributed by atoms with Gasteiger partial charge in [-0.3, -0.25) is 0 Å². The van der Waals surface area contributed by atoms with Crippen molar-refractivity contribution in [2.24, 2.45) is 0 Å². The quantitative estimate of drug-likeness (QED) is 0.890. The lowest BCUT2D eigenvalue weighted by Gasteiger charge is -2.40. The van der Waals surface area contributed by atoms with Crippen LogP contribution in [0.1, 0.15) is 47.9 Å². The second-order valence-electron chi connectivity index (χ2n) is 6.83. The van der Waals surface area contributed by atoms with Crippen molar-refractivity contribution in [3.8, 4) is 0 Å². The molecule has 0 bridgehead atoms. The van der Waals surface area contributed by atoms with Crippen molar-refractivity contribution in [3.05, 3.63) is 70.8 Å². The molecule has 0 unspecified atom stereocenters. The third kappa shape index (κ3) is 3.65. The summed E-state index contributed by atoms with van der Waals surface area (Å²) >= 11 is 0. The Kier molecular flexibility index (Phi) is 4.84. The molecule has 2 atom stereocenters. The van der Waals surface area contributed by atoms with E-state index in [4.69, 9.17) is 4.74 Å². The van der Waals surface area contributed by atoms with E-state index in [9.17, 15) is 5.11 Å². The third-order valence-corrected chi connectivity index (χ3v) is 4.82. The summed E-state index contributed by atoms with van der Waals surface area (Å²) in [4.78, 5) is 0. The van der Waals surface area contributed by atoms with E-state index in [1.165, 1.54) is 11.1 Å². The summed E-state index contributed by atoms with van der Waals surface area (Å²) in [6.45, 7) is 4.73. The van der Waals surface area contributed by atoms with Crippen LogP contribution in [0, 0.1) is 13.8 Å². The first-order chi connectivity index (χ1) is 11.1. The Bertz CT molecular complexity index is 630. The predicted octanol–water partition coefficient (Wildman–Crippen LogP) is 4.65. The maximum atomic E-state index is 11.4. The van der Waals surface area contributed by atoms with Crippen molar-refractivity contribution >= 4 is 0 Å². The minimum atomic E-state index is -0.871. The fourth-order valence-electron chi connectivity index (χ4n) is 3.67. The molecule has 2 nitrogen and oxygen atoms in total. The molecule has 0 saturated heterocycles. The topological polar surface area (TPSA) is 29.5 Å². The monoisotopic (exact) mass is 310 g/mol. The van der Waals surface area contributed by atoms with Gasteiger partial charge in [0.15, 0.2) is 0 Å². The number of aryl methyl sites for hydroxylation is 2. The number of benzene rings is 2. The molecule has 1 saturated carbocycles. The Morgan fingerprint density at radius 1 is 1.04 bits per heavy atom. The second kappa shape index (κ2) is 6.86. The van der Waals surface area contributed by atoms with Crippen molar-refractivity contribution in [1.82, 2.24) is 0 Å². The highest BCUT2D eigenvalue weighted by atomic mass is 16.5. The largest absolute Gasteiger partial charge is 0.382 e. The molecular weight excluding hydrogens is 284 g/mol. The molecule has 0 aromatic heterocycles. The van der Waals surface area contributed by atoms with Crippen LogP contribution in [0.2, 0.25) is 0 Å². The Hall–Kier alpha value is -1.64. The molecule has 1 N–H and O–H groups in total. The number of aliphatic hydroxyl groups is 1. The van der Waals surface area contributed by atoms with Gasteiger partial charge in [-0.05, 0) is 37.8 Å². The van der Waals surface area contributed by atoms with Crippen LogP contribution in [0.5, 0.6) is 0 Å². The van der Waals surface area contributed by atoms with Gasteiger partial charge < -0.3 is 9.84 Å². The first kappa shape index (κ1) is 16.2. The first-order valence-electron chi connectivity index (χ1n) is 8.54. The lowest BCUT2D eigenvalue weighted by atomic mass is 9.76. The number of ether oxygens (including phenoxy) is 1. The number of hydrogen-bond donors (Lipinski definition) is 1. The summed E-state index contributed by atoms with van der Waals surface area (Å²) < 4.78 is 6.17. The Balaban J connectivity index is 1.82. The molecule has 23 heavy (non-hydrogen) atoms. The van der Waals surface area contributed by atoms with Crippen molar-refractivity contribution in [2.45, 2.75) is 57.8 Å². The highest BCUT2D eigenvalue weighted by molar-refractivity contribution is 5.33. The van der Waals surface area contributed by atoms with Crippen LogP contribution in [-0.2, 0) is 16.9 Å². The van der Waals surface area contributed by atoms with E-state index in [-0.39, 0.29) is 6.10 Å². The average Bonchev–Trinajstić information content (AvgIpc) is 2.54. The van der Waals surface area contributed by atoms with Gasteiger partial charge in [-0.1, -0.05) is 72.5 Å². The first-order valence-corrected chi connectivity index (χ1v) is 8.54. The lowest BCUT2D eigenvalue weighted by molar-refractivity contribution is -0.142. The fraction of sp³-hybridized carbons (Fsp3) is 0.429. The molecular formula is C21H26O2. The maximum absolute atomic E-state index is 11.4. The van der Waals surface area contributed by atoms with Crippen molar-refractivity contribution in [1.29, 1.82) is 0 Å². The fourth-order valence-corrected chi connectivity index (χ4v) is 3.67. The van der Waals surface area contributed by atoms with Crippen LogP contribution in [0.3, 0.4) is 0 Å². The van der Waals surface area contributed by atoms with Crippen LogP contribution in [-0.4, -0.2) is 11.2 Å². The molecule has 0 aliphatic heterocycles. The van der Waals surface area contributed by atoms with Crippen LogP contribution >= 0.6 is 0 Å². The Labute approximate surface area is 139 Å². The van der Waals surface area contributed by atoms with Gasteiger partial charge in [0, 0.05) is 0 Å². The predicted molar refractivity (Wildman–Crippen MR) is 93.3 cm³/mol. The van der Waals surface area contributed by atoms with Crippen LogP contribution in [0.15, 0.2) is 48.5 Å². The summed E-state index contributed by atoms with van der Waals surface area (Å²) in [5.74, 6) is 0. The van der Waals surface area contributed by atoms with Gasteiger partial charge in [0.2, 0.25) is 0 Å². The summed E-state index contributed by atoms with van der Waals surface area (Å²) in [5.41, 5.74) is 3.68. The van der Waals surface area contributed by atoms with Crippen molar-refractivity contribution in [2.75, 3.05) is 0 Å². The summed E-state index contributed by atoms with van der Waals surface area (Å²) in [7, 11) is 0. The zero-order valence-electron chi connectivity index (χ0n) is 14.1. The van der Waals surface area contributed by atoms with E-state index >= 15 is 0 Å². The van der Waals surface area contributed by atoms with E-state index in [0.29, 0.717) is 6.61 Å². The normalized spacial score (nSPS) is 24.6. The van der Waals surface area contributed by atoms with Gasteiger partial charge in [0.25, 0.3) is 0 Å². The van der Waals surface area contributed by atoms with E-state index < -0.39 is 5.60 Å². The van der Waals surface area contributed by atoms with Gasteiger partial charge >= 0.3 is 0 Å². The molecule has 0 radical (unpaired) electrons. The molecule has 0 spiro atoms. The van der Waals surface area contributed by atoms with E-state index in [1.54, 1.807) is 0 Å². The van der Waals surface area contributed by atoms with E-state index in [2.05, 4.69) is 44.2 Å². The molecule has 1 aliphatic rings. The maximum Gasteiger partial charge on any atom is 0.116 e. The SMILES string of the molecule is Cc1cc(C)cc([C@@]2(O)CCCC[C@@H]2OCc2ccccc2)c1. The molecule has 2 aromatic rings. The van der Waals surface area contributed by atoms with Crippen LogP contribution < -0.4 is 0 Å². The molecule has 1 aliphatic carbocycles. The van der Waals surface area contributed by atoms with Gasteiger partial charge in [-0.25, -0.2) is 0 Å². The Morgan fingerprint density at radius 3 is 2.43 bits per heavy atom. The molecule has 3 rings (SSSR count). The average molecular weight is 310 g/mol. The van der Waals surface area contributed by atoms with Gasteiger partial charge in [0.05, 0.1) is 12.7 Å². The smallest absolute Gasteiger partial charge is 0.116 e. The highest BCUT2D eigenvalue weighted by Gasteiger charge is 2.41. The number of hydrogen-bond acceptors (Lipinski definition) is 2. The van der Waals surface area contributed by atoms with Gasteiger partial charge in [0.1, 0.15) is 5.60 Å². The minimum absolute atomic E-state index is 0.141. The van der Waals surface area contributed by atoms with E-state index in [0.717, 1.165) is 36.8 Å². The zero-order valence-corrected chi connectivity index (χ0v) is 14.1. The number of rotatable bonds is 4. The summed E-state index contributed by atoms with van der Waals surface area (Å²) in [6, 6.07) is 16.6. The van der Waals surface area contributed by atoms with E-state index in [1.807, 2.05) is 18.2 Å². The molecule has 1 fully saturated rings. The highest BCUT2D eigenvalue weighted by Crippen LogP contribution is 2.40. The molecule has 0 amide bonds. The van der Waals surface area contributed by atoms with Gasteiger partial charge in [-0.2, -0.15) is 0 Å². The van der Waals surface area contributed by atoms with Crippen LogP contribution in [0.25, 0.3) is 0 Å². The third-order valence-electron chi connectivity index (χ3n) is 4.82. The standard InChI is InChI=1S/C21H26O2/c1-16-12-17(2)14-19(13-16)21(22)11-7-6-10-20(21)23-15-18-8-4-3-5-9-18/h3-5,8-9,12-14,20,22H,6-7,10-11,15H2,1-2H3/t20-,21-/m0/s1.